The lowest BCUT2D eigenvalue weighted by molar-refractivity contribution is -0.137. The number of ether oxygens (including phenoxy) is 2. The van der Waals surface area contributed by atoms with Gasteiger partial charge in [-0.2, -0.15) is 13.2 Å². The van der Waals surface area contributed by atoms with Crippen LogP contribution < -0.4 is 14.4 Å². The van der Waals surface area contributed by atoms with Gasteiger partial charge >= 0.3 is 6.18 Å². The number of anilines is 1. The van der Waals surface area contributed by atoms with Gasteiger partial charge in [0, 0.05) is 10.6 Å². The zero-order valence-electron chi connectivity index (χ0n) is 19.1. The third-order valence-corrected chi connectivity index (χ3v) is 7.44. The van der Waals surface area contributed by atoms with E-state index in [1.807, 2.05) is 25.1 Å². The van der Waals surface area contributed by atoms with Gasteiger partial charge in [0.15, 0.2) is 15.8 Å². The summed E-state index contributed by atoms with van der Waals surface area (Å²) >= 11 is 16.1. The Bertz CT molecular complexity index is 1400. The van der Waals surface area contributed by atoms with E-state index in [2.05, 4.69) is 15.9 Å². The zero-order chi connectivity index (χ0) is 26.7. The maximum absolute atomic E-state index is 13.2. The number of amides is 1. The van der Waals surface area contributed by atoms with Gasteiger partial charge in [0.25, 0.3) is 5.91 Å². The molecular weight excluding hydrogens is 611 g/mol. The predicted molar refractivity (Wildman–Crippen MR) is 148 cm³/mol. The number of benzene rings is 3. The first kappa shape index (κ1) is 27.5. The molecule has 0 spiro atoms. The Morgan fingerprint density at radius 1 is 1.11 bits per heavy atom. The molecule has 0 saturated carbocycles. The van der Waals surface area contributed by atoms with Crippen molar-refractivity contribution in [2.45, 2.75) is 19.7 Å². The molecule has 0 aliphatic carbocycles. The smallest absolute Gasteiger partial charge is 0.416 e. The molecule has 1 aliphatic heterocycles. The van der Waals surface area contributed by atoms with E-state index < -0.39 is 17.6 Å². The fourth-order valence-corrected chi connectivity index (χ4v) is 5.57. The molecule has 37 heavy (non-hydrogen) atoms. The van der Waals surface area contributed by atoms with Gasteiger partial charge in [-0.1, -0.05) is 59.8 Å². The van der Waals surface area contributed by atoms with E-state index in [9.17, 15) is 18.0 Å². The van der Waals surface area contributed by atoms with Gasteiger partial charge in [0.05, 0.1) is 27.2 Å². The molecule has 0 unspecified atom stereocenters. The van der Waals surface area contributed by atoms with Crippen LogP contribution in [0.2, 0.25) is 5.02 Å². The Balaban J connectivity index is 1.61. The first-order valence-corrected chi connectivity index (χ1v) is 13.3. The van der Waals surface area contributed by atoms with Gasteiger partial charge in [0.1, 0.15) is 6.61 Å². The van der Waals surface area contributed by atoms with Gasteiger partial charge in [-0.15, -0.1) is 0 Å². The highest BCUT2D eigenvalue weighted by atomic mass is 79.9. The summed E-state index contributed by atoms with van der Waals surface area (Å²) in [5, 5.41) is 0.580. The molecule has 0 radical (unpaired) electrons. The van der Waals surface area contributed by atoms with Gasteiger partial charge in [-0.05, 0) is 70.9 Å². The van der Waals surface area contributed by atoms with Crippen molar-refractivity contribution in [3.8, 4) is 11.5 Å². The standard InChI is InChI=1S/C26H18BrClF3NO3S2/c1-2-34-21-11-15(10-19(27)23(21)35-14-16-6-3-4-9-20(16)28)12-22-24(33)32(25(36)37-22)18-8-5-7-17(13-18)26(29,30)31/h3-13H,2,14H2,1H3/b22-12-. The molecule has 0 aromatic heterocycles. The molecule has 11 heteroatoms. The highest BCUT2D eigenvalue weighted by Gasteiger charge is 2.36. The van der Waals surface area contributed by atoms with Crippen molar-refractivity contribution >= 4 is 73.5 Å². The minimum Gasteiger partial charge on any atom is -0.490 e. The first-order valence-electron chi connectivity index (χ1n) is 10.9. The lowest BCUT2D eigenvalue weighted by atomic mass is 10.1. The fourth-order valence-electron chi connectivity index (χ4n) is 3.50. The second kappa shape index (κ2) is 11.5. The molecule has 4 nitrogen and oxygen atoms in total. The van der Waals surface area contributed by atoms with Gasteiger partial charge in [-0.25, -0.2) is 0 Å². The highest BCUT2D eigenvalue weighted by molar-refractivity contribution is 9.10. The van der Waals surface area contributed by atoms with Crippen molar-refractivity contribution < 1.29 is 27.4 Å². The van der Waals surface area contributed by atoms with E-state index in [1.165, 1.54) is 12.1 Å². The number of rotatable bonds is 7. The molecule has 192 valence electrons. The second-order valence-corrected chi connectivity index (χ2v) is 10.6. The van der Waals surface area contributed by atoms with Crippen LogP contribution in [0.25, 0.3) is 6.08 Å². The van der Waals surface area contributed by atoms with Crippen molar-refractivity contribution in [2.75, 3.05) is 11.5 Å². The van der Waals surface area contributed by atoms with E-state index in [-0.39, 0.29) is 21.5 Å². The number of carbonyl (C=O) groups is 1. The molecule has 0 atom stereocenters. The van der Waals surface area contributed by atoms with Crippen LogP contribution in [-0.4, -0.2) is 16.8 Å². The number of hydrogen-bond acceptors (Lipinski definition) is 5. The second-order valence-electron chi connectivity index (χ2n) is 7.71. The Morgan fingerprint density at radius 3 is 2.57 bits per heavy atom. The Morgan fingerprint density at radius 2 is 1.86 bits per heavy atom. The SMILES string of the molecule is CCOc1cc(/C=C2\SC(=S)N(c3cccc(C(F)(F)F)c3)C2=O)cc(Br)c1OCc1ccccc1Cl. The van der Waals surface area contributed by atoms with Gasteiger partial charge in [-0.3, -0.25) is 9.69 Å². The minimum absolute atomic E-state index is 0.0558. The third-order valence-electron chi connectivity index (χ3n) is 5.18. The molecule has 3 aromatic carbocycles. The average Bonchev–Trinajstić information content (AvgIpc) is 3.11. The lowest BCUT2D eigenvalue weighted by Crippen LogP contribution is -2.27. The van der Waals surface area contributed by atoms with E-state index in [0.717, 1.165) is 34.4 Å². The van der Waals surface area contributed by atoms with Crippen LogP contribution in [0.1, 0.15) is 23.6 Å². The summed E-state index contributed by atoms with van der Waals surface area (Å²) in [6, 6.07) is 15.3. The number of hydrogen-bond donors (Lipinski definition) is 0. The average molecular weight is 629 g/mol. The summed E-state index contributed by atoms with van der Waals surface area (Å²) in [7, 11) is 0. The van der Waals surface area contributed by atoms with Crippen molar-refractivity contribution in [2.24, 2.45) is 0 Å². The Hall–Kier alpha value is -2.53. The summed E-state index contributed by atoms with van der Waals surface area (Å²) in [6.07, 6.45) is -2.93. The maximum atomic E-state index is 13.2. The largest absolute Gasteiger partial charge is 0.490 e. The van der Waals surface area contributed by atoms with Crippen molar-refractivity contribution in [3.63, 3.8) is 0 Å². The van der Waals surface area contributed by atoms with Crippen LogP contribution >= 0.6 is 51.5 Å². The number of alkyl halides is 3. The normalized spacial score (nSPS) is 15.0. The van der Waals surface area contributed by atoms with Crippen molar-refractivity contribution in [1.82, 2.24) is 0 Å². The van der Waals surface area contributed by atoms with E-state index >= 15 is 0 Å². The van der Waals surface area contributed by atoms with Crippen LogP contribution in [0, 0.1) is 0 Å². The van der Waals surface area contributed by atoms with Crippen LogP contribution in [0.15, 0.2) is 70.0 Å². The molecule has 1 heterocycles. The van der Waals surface area contributed by atoms with Crippen molar-refractivity contribution in [1.29, 1.82) is 0 Å². The molecule has 3 aromatic rings. The summed E-state index contributed by atoms with van der Waals surface area (Å²) < 4.78 is 52.0. The van der Waals surface area contributed by atoms with Gasteiger partial charge in [0.2, 0.25) is 0 Å². The minimum atomic E-state index is -4.54. The number of halogens is 5. The van der Waals surface area contributed by atoms with E-state index in [1.54, 1.807) is 24.3 Å². The van der Waals surface area contributed by atoms with Crippen LogP contribution in [0.5, 0.6) is 11.5 Å². The Labute approximate surface area is 234 Å². The molecule has 4 rings (SSSR count). The number of thioether (sulfide) groups is 1. The van der Waals surface area contributed by atoms with E-state index in [0.29, 0.717) is 33.2 Å². The third kappa shape index (κ3) is 6.31. The first-order chi connectivity index (χ1) is 17.6. The molecular formula is C26H18BrClF3NO3S2. The highest BCUT2D eigenvalue weighted by Crippen LogP contribution is 2.41. The number of thiocarbonyl (C=S) groups is 1. The molecule has 1 amide bonds. The Kier molecular flexibility index (Phi) is 8.52. The molecule has 1 saturated heterocycles. The summed E-state index contributed by atoms with van der Waals surface area (Å²) in [6.45, 7) is 2.42. The molecule has 1 aliphatic rings. The molecule has 0 bridgehead atoms. The molecule has 0 N–H and O–H groups in total. The van der Waals surface area contributed by atoms with Gasteiger partial charge < -0.3 is 9.47 Å². The fraction of sp³-hybridized carbons (Fsp3) is 0.154. The van der Waals surface area contributed by atoms with Crippen LogP contribution in [0.4, 0.5) is 18.9 Å². The summed E-state index contributed by atoms with van der Waals surface area (Å²) in [5.74, 6) is 0.404. The number of nitrogens with zero attached hydrogens (tertiary/aromatic N) is 1. The lowest BCUT2D eigenvalue weighted by Gasteiger charge is -2.16. The van der Waals surface area contributed by atoms with Crippen LogP contribution in [0.3, 0.4) is 0 Å². The number of carbonyl (C=O) groups excluding carboxylic acids is 1. The monoisotopic (exact) mass is 627 g/mol. The maximum Gasteiger partial charge on any atom is 0.416 e. The predicted octanol–water partition coefficient (Wildman–Crippen LogP) is 8.50. The zero-order valence-corrected chi connectivity index (χ0v) is 23.1. The topological polar surface area (TPSA) is 38.8 Å². The van der Waals surface area contributed by atoms with Crippen molar-refractivity contribution in [3.05, 3.63) is 91.8 Å². The quantitative estimate of drug-likeness (QED) is 0.194. The molecule has 1 fully saturated rings. The van der Waals surface area contributed by atoms with Crippen LogP contribution in [-0.2, 0) is 17.6 Å². The summed E-state index contributed by atoms with van der Waals surface area (Å²) in [4.78, 5) is 14.5. The summed E-state index contributed by atoms with van der Waals surface area (Å²) in [5.41, 5.74) is 0.617. The van der Waals surface area contributed by atoms with E-state index in [4.69, 9.17) is 33.3 Å².